The Labute approximate surface area is 161 Å². The molecule has 2 aromatic carbocycles. The molecule has 0 aromatic heterocycles. The molecule has 4 nitrogen and oxygen atoms in total. The second-order valence-corrected chi connectivity index (χ2v) is 7.51. The van der Waals surface area contributed by atoms with Crippen molar-refractivity contribution in [2.24, 2.45) is 0 Å². The van der Waals surface area contributed by atoms with Crippen molar-refractivity contribution >= 4 is 0 Å². The molecule has 3 rings (SSSR count). The minimum Gasteiger partial charge on any atom is -0.388 e. The first-order valence-electron chi connectivity index (χ1n) is 9.81. The van der Waals surface area contributed by atoms with Crippen molar-refractivity contribution in [3.05, 3.63) is 70.3 Å². The molecule has 0 bridgehead atoms. The second-order valence-electron chi connectivity index (χ2n) is 7.51. The van der Waals surface area contributed by atoms with Gasteiger partial charge in [-0.25, -0.2) is 0 Å². The van der Waals surface area contributed by atoms with Crippen LogP contribution in [0.3, 0.4) is 0 Å². The highest BCUT2D eigenvalue weighted by atomic mass is 16.5. The van der Waals surface area contributed by atoms with Gasteiger partial charge in [0.2, 0.25) is 0 Å². The second kappa shape index (κ2) is 8.53. The summed E-state index contributed by atoms with van der Waals surface area (Å²) < 4.78 is 5.93. The highest BCUT2D eigenvalue weighted by Gasteiger charge is 2.43. The Morgan fingerprint density at radius 3 is 2.15 bits per heavy atom. The lowest BCUT2D eigenvalue weighted by atomic mass is 9.88. The van der Waals surface area contributed by atoms with Crippen LogP contribution in [0.2, 0.25) is 0 Å². The van der Waals surface area contributed by atoms with Gasteiger partial charge in [0.25, 0.3) is 0 Å². The van der Waals surface area contributed by atoms with Gasteiger partial charge in [-0.15, -0.1) is 0 Å². The van der Waals surface area contributed by atoms with E-state index in [-0.39, 0.29) is 0 Å². The van der Waals surface area contributed by atoms with Crippen LogP contribution >= 0.6 is 0 Å². The lowest BCUT2D eigenvalue weighted by molar-refractivity contribution is -0.225. The zero-order valence-corrected chi connectivity index (χ0v) is 16.3. The summed E-state index contributed by atoms with van der Waals surface area (Å²) in [5.74, 6) is 0. The zero-order chi connectivity index (χ0) is 19.6. The zero-order valence-electron chi connectivity index (χ0n) is 16.3. The summed E-state index contributed by atoms with van der Waals surface area (Å²) in [4.78, 5) is 0. The molecule has 0 aliphatic carbocycles. The van der Waals surface area contributed by atoms with Crippen LogP contribution in [0.25, 0.3) is 0 Å². The molecular formula is C23H30O4. The fourth-order valence-corrected chi connectivity index (χ4v) is 3.74. The Kier molecular flexibility index (Phi) is 6.33. The number of ether oxygens (including phenoxy) is 1. The van der Waals surface area contributed by atoms with E-state index in [0.29, 0.717) is 6.42 Å². The van der Waals surface area contributed by atoms with Crippen molar-refractivity contribution in [3.8, 4) is 0 Å². The Morgan fingerprint density at radius 1 is 0.852 bits per heavy atom. The van der Waals surface area contributed by atoms with Gasteiger partial charge >= 0.3 is 0 Å². The summed E-state index contributed by atoms with van der Waals surface area (Å²) >= 11 is 0. The Morgan fingerprint density at radius 2 is 1.52 bits per heavy atom. The minimum absolute atomic E-state index is 0.486. The summed E-state index contributed by atoms with van der Waals surface area (Å²) in [6.07, 6.45) is -2.16. The van der Waals surface area contributed by atoms with Gasteiger partial charge in [0.1, 0.15) is 24.4 Å². The summed E-state index contributed by atoms with van der Waals surface area (Å²) in [5.41, 5.74) is 5.73. The van der Waals surface area contributed by atoms with Crippen LogP contribution in [0.15, 0.2) is 42.5 Å². The van der Waals surface area contributed by atoms with E-state index in [1.54, 1.807) is 0 Å². The van der Waals surface area contributed by atoms with Crippen LogP contribution in [-0.2, 0) is 17.6 Å². The van der Waals surface area contributed by atoms with Crippen molar-refractivity contribution in [1.82, 2.24) is 0 Å². The largest absolute Gasteiger partial charge is 0.388 e. The van der Waals surface area contributed by atoms with Gasteiger partial charge in [-0.2, -0.15) is 0 Å². The van der Waals surface area contributed by atoms with Crippen molar-refractivity contribution in [2.45, 2.75) is 70.6 Å². The van der Waals surface area contributed by atoms with Gasteiger partial charge in [-0.05, 0) is 54.0 Å². The fraction of sp³-hybridized carbons (Fsp3) is 0.478. The van der Waals surface area contributed by atoms with Gasteiger partial charge in [-0.1, -0.05) is 56.3 Å². The van der Waals surface area contributed by atoms with E-state index in [4.69, 9.17) is 4.74 Å². The third kappa shape index (κ3) is 4.25. The predicted molar refractivity (Wildman–Crippen MR) is 106 cm³/mol. The molecule has 146 valence electrons. The van der Waals surface area contributed by atoms with Gasteiger partial charge in [-0.3, -0.25) is 0 Å². The number of benzene rings is 2. The molecule has 0 saturated carbocycles. The monoisotopic (exact) mass is 370 g/mol. The third-order valence-electron chi connectivity index (χ3n) is 5.64. The van der Waals surface area contributed by atoms with E-state index in [1.165, 1.54) is 22.3 Å². The molecule has 3 N–H and O–H groups in total. The summed E-state index contributed by atoms with van der Waals surface area (Å²) in [7, 11) is 0. The standard InChI is InChI=1S/C23H30O4/c1-4-15-7-9-16(10-8-15)12-18-13-17(11-6-14(18)3)23-22(26)21(25)20(24)19(5-2)27-23/h6-11,13,19-26H,4-5,12H2,1-3H3/t19-,20-,21+,22-,23+/m1/s1. The van der Waals surface area contributed by atoms with Crippen LogP contribution in [0.5, 0.6) is 0 Å². The van der Waals surface area contributed by atoms with E-state index in [1.807, 2.05) is 25.1 Å². The third-order valence-corrected chi connectivity index (χ3v) is 5.64. The number of rotatable bonds is 5. The van der Waals surface area contributed by atoms with Gasteiger partial charge in [0, 0.05) is 0 Å². The maximum absolute atomic E-state index is 10.4. The number of hydrogen-bond acceptors (Lipinski definition) is 4. The van der Waals surface area contributed by atoms with Crippen molar-refractivity contribution in [2.75, 3.05) is 0 Å². The SMILES string of the molecule is CCc1ccc(Cc2cc([C@@H]3O[C@H](CC)[C@@H](O)[C@H](O)[C@H]3O)ccc2C)cc1. The lowest BCUT2D eigenvalue weighted by Crippen LogP contribution is -2.53. The Hall–Kier alpha value is -1.72. The average molecular weight is 370 g/mol. The number of aliphatic hydroxyl groups is 3. The van der Waals surface area contributed by atoms with Crippen LogP contribution in [0, 0.1) is 6.92 Å². The molecule has 4 heteroatoms. The molecule has 27 heavy (non-hydrogen) atoms. The smallest absolute Gasteiger partial charge is 0.113 e. The molecule has 1 aliphatic rings. The fourth-order valence-electron chi connectivity index (χ4n) is 3.74. The average Bonchev–Trinajstić information content (AvgIpc) is 2.69. The van der Waals surface area contributed by atoms with Gasteiger partial charge in [0.15, 0.2) is 0 Å². The van der Waals surface area contributed by atoms with E-state index in [2.05, 4.69) is 38.1 Å². The van der Waals surface area contributed by atoms with Crippen LogP contribution in [-0.4, -0.2) is 39.7 Å². The molecule has 2 aromatic rings. The highest BCUT2D eigenvalue weighted by molar-refractivity contribution is 5.37. The summed E-state index contributed by atoms with van der Waals surface area (Å²) in [6, 6.07) is 14.6. The van der Waals surface area contributed by atoms with Crippen LogP contribution < -0.4 is 0 Å². The molecular weight excluding hydrogens is 340 g/mol. The van der Waals surface area contributed by atoms with Crippen molar-refractivity contribution in [3.63, 3.8) is 0 Å². The number of aryl methyl sites for hydroxylation is 2. The number of hydrogen-bond donors (Lipinski definition) is 3. The first kappa shape index (κ1) is 20.0. The summed E-state index contributed by atoms with van der Waals surface area (Å²) in [5, 5.41) is 30.7. The molecule has 0 radical (unpaired) electrons. The number of aliphatic hydroxyl groups excluding tert-OH is 3. The highest BCUT2D eigenvalue weighted by Crippen LogP contribution is 2.34. The quantitative estimate of drug-likeness (QED) is 0.756. The first-order chi connectivity index (χ1) is 12.9. The normalized spacial score (nSPS) is 28.3. The van der Waals surface area contributed by atoms with Crippen LogP contribution in [0.4, 0.5) is 0 Å². The summed E-state index contributed by atoms with van der Waals surface area (Å²) in [6.45, 7) is 6.12. The maximum atomic E-state index is 10.4. The van der Waals surface area contributed by atoms with Crippen molar-refractivity contribution < 1.29 is 20.1 Å². The van der Waals surface area contributed by atoms with E-state index < -0.39 is 30.5 Å². The topological polar surface area (TPSA) is 69.9 Å². The molecule has 1 saturated heterocycles. The molecule has 1 heterocycles. The molecule has 0 amide bonds. The molecule has 0 spiro atoms. The minimum atomic E-state index is -1.21. The van der Waals surface area contributed by atoms with E-state index in [0.717, 1.165) is 18.4 Å². The lowest BCUT2D eigenvalue weighted by Gasteiger charge is -2.40. The molecule has 5 atom stereocenters. The Bertz CT molecular complexity index is 753. The Balaban J connectivity index is 1.85. The first-order valence-corrected chi connectivity index (χ1v) is 9.81. The van der Waals surface area contributed by atoms with Crippen LogP contribution in [0.1, 0.15) is 54.2 Å². The van der Waals surface area contributed by atoms with E-state index >= 15 is 0 Å². The molecule has 1 fully saturated rings. The van der Waals surface area contributed by atoms with E-state index in [9.17, 15) is 15.3 Å². The predicted octanol–water partition coefficient (Wildman–Crippen LogP) is 3.08. The maximum Gasteiger partial charge on any atom is 0.113 e. The molecule has 0 unspecified atom stereocenters. The van der Waals surface area contributed by atoms with Crippen molar-refractivity contribution in [1.29, 1.82) is 0 Å². The molecule has 1 aliphatic heterocycles. The van der Waals surface area contributed by atoms with Gasteiger partial charge in [0.05, 0.1) is 6.10 Å². The van der Waals surface area contributed by atoms with Gasteiger partial charge < -0.3 is 20.1 Å².